The van der Waals surface area contributed by atoms with E-state index in [-0.39, 0.29) is 0 Å². The van der Waals surface area contributed by atoms with E-state index in [2.05, 4.69) is 26.2 Å². The number of hydrogen-bond donors (Lipinski definition) is 0. The molecule has 4 heterocycles. The molecular weight excluding hydrogens is 305 g/mol. The molecule has 24 heavy (non-hydrogen) atoms. The topological polar surface area (TPSA) is 46.8 Å². The van der Waals surface area contributed by atoms with Crippen molar-refractivity contribution in [3.8, 4) is 5.69 Å². The maximum absolute atomic E-state index is 12.9. The first-order valence-corrected chi connectivity index (χ1v) is 8.11. The lowest BCUT2D eigenvalue weighted by Gasteiger charge is -2.32. The second-order valence-corrected chi connectivity index (χ2v) is 6.02. The molecule has 3 aromatic rings. The molecule has 0 radical (unpaired) electrons. The lowest BCUT2D eigenvalue weighted by atomic mass is 9.90. The highest BCUT2D eigenvalue weighted by Gasteiger charge is 2.22. The zero-order valence-corrected chi connectivity index (χ0v) is 13.2. The van der Waals surface area contributed by atoms with E-state index < -0.39 is 5.95 Å². The molecule has 5 nitrogen and oxygen atoms in total. The van der Waals surface area contributed by atoms with E-state index in [0.29, 0.717) is 5.92 Å². The molecule has 0 N–H and O–H groups in total. The van der Waals surface area contributed by atoms with Gasteiger partial charge in [0, 0.05) is 31.7 Å². The van der Waals surface area contributed by atoms with Gasteiger partial charge in [-0.2, -0.15) is 9.49 Å². The lowest BCUT2D eigenvalue weighted by molar-refractivity contribution is 0.501. The summed E-state index contributed by atoms with van der Waals surface area (Å²) in [6.45, 7) is 1.92. The summed E-state index contributed by atoms with van der Waals surface area (Å²) >= 11 is 0. The first kappa shape index (κ1) is 14.8. The van der Waals surface area contributed by atoms with E-state index in [1.165, 1.54) is 6.07 Å². The Balaban J connectivity index is 1.43. The number of anilines is 1. The summed E-state index contributed by atoms with van der Waals surface area (Å²) in [6.07, 6.45) is 11.2. The van der Waals surface area contributed by atoms with E-state index >= 15 is 0 Å². The molecule has 0 atom stereocenters. The molecule has 1 saturated heterocycles. The predicted molar refractivity (Wildman–Crippen MR) is 89.7 cm³/mol. The average Bonchev–Trinajstić information content (AvgIpc) is 3.13. The van der Waals surface area contributed by atoms with Crippen LogP contribution in [0.3, 0.4) is 0 Å². The van der Waals surface area contributed by atoms with Gasteiger partial charge in [0.15, 0.2) is 0 Å². The van der Waals surface area contributed by atoms with Crippen molar-refractivity contribution in [2.45, 2.75) is 18.8 Å². The summed E-state index contributed by atoms with van der Waals surface area (Å²) in [6, 6.07) is 7.17. The molecular formula is C18H18FN5. The van der Waals surface area contributed by atoms with Crippen molar-refractivity contribution in [2.24, 2.45) is 0 Å². The van der Waals surface area contributed by atoms with Crippen molar-refractivity contribution in [1.29, 1.82) is 0 Å². The number of hydrogen-bond acceptors (Lipinski definition) is 4. The molecule has 1 aliphatic heterocycles. The average molecular weight is 323 g/mol. The molecule has 6 heteroatoms. The summed E-state index contributed by atoms with van der Waals surface area (Å²) in [4.78, 5) is 10.1. The predicted octanol–water partition coefficient (Wildman–Crippen LogP) is 3.19. The van der Waals surface area contributed by atoms with Crippen molar-refractivity contribution in [3.05, 3.63) is 66.8 Å². The van der Waals surface area contributed by atoms with Crippen LogP contribution in [0, 0.1) is 5.95 Å². The summed E-state index contributed by atoms with van der Waals surface area (Å²) in [5, 5.41) is 4.44. The highest BCUT2D eigenvalue weighted by molar-refractivity contribution is 5.45. The van der Waals surface area contributed by atoms with E-state index in [9.17, 15) is 4.39 Å². The van der Waals surface area contributed by atoms with Gasteiger partial charge in [-0.15, -0.1) is 0 Å². The van der Waals surface area contributed by atoms with Gasteiger partial charge in [0.25, 0.3) is 0 Å². The summed E-state index contributed by atoms with van der Waals surface area (Å²) in [7, 11) is 0. The van der Waals surface area contributed by atoms with Crippen molar-refractivity contribution in [3.63, 3.8) is 0 Å². The minimum Gasteiger partial charge on any atom is -0.369 e. The third kappa shape index (κ3) is 2.99. The number of pyridine rings is 2. The number of piperidine rings is 1. The van der Waals surface area contributed by atoms with Crippen molar-refractivity contribution in [1.82, 2.24) is 19.7 Å². The molecule has 3 aromatic heterocycles. The summed E-state index contributed by atoms with van der Waals surface area (Å²) in [5.74, 6) is 0.0318. The van der Waals surface area contributed by atoms with E-state index in [0.717, 1.165) is 42.9 Å². The normalized spacial score (nSPS) is 15.6. The van der Waals surface area contributed by atoms with Gasteiger partial charge in [-0.25, -0.2) is 9.67 Å². The third-order valence-corrected chi connectivity index (χ3v) is 4.58. The van der Waals surface area contributed by atoms with Crippen LogP contribution in [0.2, 0.25) is 0 Å². The van der Waals surface area contributed by atoms with E-state index in [4.69, 9.17) is 0 Å². The van der Waals surface area contributed by atoms with Crippen LogP contribution in [0.15, 0.2) is 55.2 Å². The van der Waals surface area contributed by atoms with E-state index in [1.807, 2.05) is 29.1 Å². The molecule has 0 unspecified atom stereocenters. The monoisotopic (exact) mass is 323 g/mol. The Morgan fingerprint density at radius 2 is 1.75 bits per heavy atom. The zero-order valence-electron chi connectivity index (χ0n) is 13.2. The largest absolute Gasteiger partial charge is 0.369 e. The zero-order chi connectivity index (χ0) is 16.4. The Morgan fingerprint density at radius 1 is 0.958 bits per heavy atom. The summed E-state index contributed by atoms with van der Waals surface area (Å²) < 4.78 is 14.8. The van der Waals surface area contributed by atoms with Crippen LogP contribution in [-0.2, 0) is 0 Å². The Bertz CT molecular complexity index is 792. The van der Waals surface area contributed by atoms with Crippen molar-refractivity contribution >= 4 is 5.69 Å². The third-order valence-electron chi connectivity index (χ3n) is 4.58. The minimum absolute atomic E-state index is 0.417. The second-order valence-electron chi connectivity index (χ2n) is 6.02. The molecule has 1 aliphatic rings. The Labute approximate surface area is 139 Å². The molecule has 1 fully saturated rings. The van der Waals surface area contributed by atoms with Gasteiger partial charge in [-0.05, 0) is 42.5 Å². The van der Waals surface area contributed by atoms with Crippen LogP contribution in [-0.4, -0.2) is 32.8 Å². The Kier molecular flexibility index (Phi) is 3.94. The van der Waals surface area contributed by atoms with Crippen LogP contribution in [0.1, 0.15) is 24.3 Å². The van der Waals surface area contributed by atoms with Gasteiger partial charge in [-0.1, -0.05) is 6.07 Å². The fourth-order valence-corrected chi connectivity index (χ4v) is 3.21. The number of rotatable bonds is 3. The smallest absolute Gasteiger partial charge is 0.212 e. The first-order chi connectivity index (χ1) is 11.8. The van der Waals surface area contributed by atoms with Gasteiger partial charge < -0.3 is 4.90 Å². The van der Waals surface area contributed by atoms with Crippen LogP contribution in [0.4, 0.5) is 10.1 Å². The quantitative estimate of drug-likeness (QED) is 0.695. The number of nitrogens with zero attached hydrogens (tertiary/aromatic N) is 5. The van der Waals surface area contributed by atoms with Gasteiger partial charge in [0.05, 0.1) is 23.8 Å². The SMILES string of the molecule is Fc1ccc(C2CCN(c3cnn(-c4ccncc4)c3)CC2)cn1. The van der Waals surface area contributed by atoms with Crippen molar-refractivity contribution < 1.29 is 4.39 Å². The van der Waals surface area contributed by atoms with Crippen LogP contribution < -0.4 is 4.90 Å². The van der Waals surface area contributed by atoms with Gasteiger partial charge in [0.1, 0.15) is 0 Å². The second kappa shape index (κ2) is 6.39. The van der Waals surface area contributed by atoms with Crippen molar-refractivity contribution in [2.75, 3.05) is 18.0 Å². The molecule has 0 spiro atoms. The summed E-state index contributed by atoms with van der Waals surface area (Å²) in [5.41, 5.74) is 3.26. The van der Waals surface area contributed by atoms with Crippen LogP contribution >= 0.6 is 0 Å². The molecule has 0 amide bonds. The molecule has 122 valence electrons. The van der Waals surface area contributed by atoms with Crippen LogP contribution in [0.5, 0.6) is 0 Å². The van der Waals surface area contributed by atoms with E-state index in [1.54, 1.807) is 18.6 Å². The van der Waals surface area contributed by atoms with Gasteiger partial charge in [0.2, 0.25) is 5.95 Å². The number of halogens is 1. The fourth-order valence-electron chi connectivity index (χ4n) is 3.21. The molecule has 0 aromatic carbocycles. The fraction of sp³-hybridized carbons (Fsp3) is 0.278. The maximum atomic E-state index is 12.9. The number of aromatic nitrogens is 4. The Morgan fingerprint density at radius 3 is 2.46 bits per heavy atom. The molecule has 0 saturated carbocycles. The highest BCUT2D eigenvalue weighted by Crippen LogP contribution is 2.30. The lowest BCUT2D eigenvalue weighted by Crippen LogP contribution is -2.32. The standard InChI is InChI=1S/C18H18FN5/c19-18-2-1-15(11-21-18)14-5-9-23(10-6-14)17-12-22-24(13-17)16-3-7-20-8-4-16/h1-4,7-8,11-14H,5-6,9-10H2. The maximum Gasteiger partial charge on any atom is 0.212 e. The molecule has 0 bridgehead atoms. The van der Waals surface area contributed by atoms with Gasteiger partial charge in [-0.3, -0.25) is 4.98 Å². The van der Waals surface area contributed by atoms with Crippen LogP contribution in [0.25, 0.3) is 5.69 Å². The minimum atomic E-state index is -0.417. The van der Waals surface area contributed by atoms with Gasteiger partial charge >= 0.3 is 0 Å². The first-order valence-electron chi connectivity index (χ1n) is 8.11. The highest BCUT2D eigenvalue weighted by atomic mass is 19.1. The molecule has 4 rings (SSSR count). The Hall–Kier alpha value is -2.76. The molecule has 0 aliphatic carbocycles.